The molecule has 554 valence electrons. The highest BCUT2D eigenvalue weighted by atomic mass is 16.7. The molecule has 96 heavy (non-hydrogen) atoms. The summed E-state index contributed by atoms with van der Waals surface area (Å²) >= 11 is 0. The fraction of sp³-hybridized carbons (Fsp3) is 0.859. The Morgan fingerprint density at radius 1 is 0.396 bits per heavy atom. The van der Waals surface area contributed by atoms with Crippen LogP contribution in [0.5, 0.6) is 0 Å². The third-order valence-corrected chi connectivity index (χ3v) is 16.5. The van der Waals surface area contributed by atoms with Gasteiger partial charge >= 0.3 is 0 Å². The average Bonchev–Trinajstić information content (AvgIpc) is 0.835. The highest BCUT2D eigenvalue weighted by Crippen LogP contribution is 2.33. The van der Waals surface area contributed by atoms with Gasteiger partial charge in [0.15, 0.2) is 18.9 Å². The third-order valence-electron chi connectivity index (χ3n) is 16.5. The van der Waals surface area contributed by atoms with Crippen LogP contribution < -0.4 is 26.6 Å². The van der Waals surface area contributed by atoms with Crippen LogP contribution >= 0.6 is 0 Å². The molecule has 3 heterocycles. The number of rotatable bonds is 52. The molecule has 0 aromatic rings. The van der Waals surface area contributed by atoms with Gasteiger partial charge in [-0.1, -0.05) is 20.3 Å². The molecule has 32 nitrogen and oxygen atoms in total. The lowest BCUT2D eigenvalue weighted by Crippen LogP contribution is -2.64. The molecule has 0 aromatic carbocycles. The molecule has 3 saturated heterocycles. The summed E-state index contributed by atoms with van der Waals surface area (Å²) in [7, 11) is 0. The topological polar surface area (TPSA) is 479 Å². The van der Waals surface area contributed by atoms with E-state index in [1.165, 1.54) is 20.8 Å². The van der Waals surface area contributed by atoms with E-state index in [0.29, 0.717) is 70.8 Å². The molecule has 5 amide bonds. The first kappa shape index (κ1) is 85.5. The average molecular weight is 1380 g/mol. The third kappa shape index (κ3) is 33.0. The maximum atomic E-state index is 13.0. The minimum Gasteiger partial charge on any atom is -0.394 e. The Morgan fingerprint density at radius 2 is 0.708 bits per heavy atom. The summed E-state index contributed by atoms with van der Waals surface area (Å²) in [6.07, 6.45) is -9.93. The molecule has 3 rings (SSSR count). The van der Waals surface area contributed by atoms with Gasteiger partial charge < -0.3 is 115 Å². The van der Waals surface area contributed by atoms with Crippen molar-refractivity contribution in [3.63, 3.8) is 0 Å². The van der Waals surface area contributed by atoms with Crippen molar-refractivity contribution >= 4 is 52.7 Å². The van der Waals surface area contributed by atoms with Gasteiger partial charge in [0.1, 0.15) is 96.2 Å². The lowest BCUT2D eigenvalue weighted by molar-refractivity contribution is -0.270. The van der Waals surface area contributed by atoms with E-state index >= 15 is 0 Å². The van der Waals surface area contributed by atoms with E-state index in [9.17, 15) is 89.1 Å². The van der Waals surface area contributed by atoms with Crippen molar-refractivity contribution in [3.8, 4) is 0 Å². The Bertz CT molecular complexity index is 2230. The number of carbonyl (C=O) groups excluding carboxylic acids is 9. The molecular weight excluding hydrogens is 1270 g/mol. The van der Waals surface area contributed by atoms with Crippen LogP contribution in [0, 0.1) is 11.3 Å². The summed E-state index contributed by atoms with van der Waals surface area (Å²) in [6.45, 7) is 7.18. The van der Waals surface area contributed by atoms with Crippen LogP contribution in [-0.4, -0.2) is 283 Å². The van der Waals surface area contributed by atoms with E-state index in [1.807, 2.05) is 13.8 Å². The maximum Gasteiger partial charge on any atom is 0.222 e. The molecule has 3 aliphatic rings. The van der Waals surface area contributed by atoms with Gasteiger partial charge in [0.2, 0.25) is 29.5 Å². The molecule has 32 heteroatoms. The highest BCUT2D eigenvalue weighted by Gasteiger charge is 2.48. The van der Waals surface area contributed by atoms with Gasteiger partial charge in [0, 0.05) is 104 Å². The minimum absolute atomic E-state index is 0.00273. The van der Waals surface area contributed by atoms with Crippen LogP contribution in [0.3, 0.4) is 0 Å². The molecule has 0 radical (unpaired) electrons. The largest absolute Gasteiger partial charge is 0.394 e. The van der Waals surface area contributed by atoms with Crippen LogP contribution in [0.2, 0.25) is 0 Å². The van der Waals surface area contributed by atoms with Gasteiger partial charge in [0.05, 0.1) is 79.1 Å². The second kappa shape index (κ2) is 47.4. The Labute approximate surface area is 561 Å². The normalized spacial score (nSPS) is 26.5. The number of hydrogen-bond donors (Lipinski definition) is 14. The monoisotopic (exact) mass is 1380 g/mol. The van der Waals surface area contributed by atoms with E-state index in [1.54, 1.807) is 0 Å². The van der Waals surface area contributed by atoms with E-state index in [0.717, 1.165) is 0 Å². The predicted molar refractivity (Wildman–Crippen MR) is 337 cm³/mol. The molecular formula is C64H111N5O27. The maximum absolute atomic E-state index is 13.0. The van der Waals surface area contributed by atoms with Crippen molar-refractivity contribution in [1.29, 1.82) is 0 Å². The van der Waals surface area contributed by atoms with E-state index in [2.05, 4.69) is 26.6 Å². The Balaban J connectivity index is 1.43. The lowest BCUT2D eigenvalue weighted by Gasteiger charge is -2.42. The van der Waals surface area contributed by atoms with Crippen molar-refractivity contribution in [3.05, 3.63) is 0 Å². The van der Waals surface area contributed by atoms with Crippen LogP contribution in [0.1, 0.15) is 157 Å². The standard InChI is InChI=1S/C64H111N5O27/c1-39(2)33-64(37-89-27-18-44(77)15-9-11-25-66-51(81)22-31-93-63-54(69-42(5)75)60(87)57(84)49(36-72)96-63,38-90-28-21-50(80)65-24-12-10-16-46(79)20-30-92-62-53(68-41(4)74)59(86)56(83)48(35-71)95-62)23-32-88-26-17-43(76)13-7-6-8-14-45(78)19-29-91-61-52(67-40(3)73)58(85)55(82)47(34-70)94-61/h39,47-49,52-63,70-72,82-87H,6-38H2,1-5H3,(H,65,80)(H,66,81)(H,67,73)(H,68,74)(H,69,75)/t47?,48?,49?,52-,53-,54-,55-,56-,57-,58?,59?,60?,61+,62+,63+,64?/m0/s1. The number of Topliss-reactive ketones (excluding diaryl/α,β-unsaturated/α-hetero) is 4. The van der Waals surface area contributed by atoms with E-state index in [4.69, 9.17) is 42.6 Å². The molecule has 14 N–H and O–H groups in total. The molecule has 7 unspecified atom stereocenters. The van der Waals surface area contributed by atoms with Gasteiger partial charge in [-0.3, -0.25) is 43.2 Å². The summed E-state index contributed by atoms with van der Waals surface area (Å²) < 4.78 is 51.8. The number of carbonyl (C=O) groups is 9. The zero-order chi connectivity index (χ0) is 71.2. The molecule has 0 spiro atoms. The van der Waals surface area contributed by atoms with Gasteiger partial charge in [0.25, 0.3) is 0 Å². The zero-order valence-electron chi connectivity index (χ0n) is 56.4. The Hall–Kier alpha value is -4.69. The number of ether oxygens (including phenoxy) is 9. The fourth-order valence-electron chi connectivity index (χ4n) is 11.3. The minimum atomic E-state index is -1.49. The summed E-state index contributed by atoms with van der Waals surface area (Å²) in [5.41, 5.74) is -0.611. The van der Waals surface area contributed by atoms with Gasteiger partial charge in [-0.15, -0.1) is 0 Å². The highest BCUT2D eigenvalue weighted by molar-refractivity contribution is 5.80. The number of aliphatic hydroxyl groups excluding tert-OH is 9. The number of amides is 5. The smallest absolute Gasteiger partial charge is 0.222 e. The van der Waals surface area contributed by atoms with Gasteiger partial charge in [-0.05, 0) is 57.3 Å². The van der Waals surface area contributed by atoms with Gasteiger partial charge in [-0.25, -0.2) is 0 Å². The van der Waals surface area contributed by atoms with Crippen molar-refractivity contribution in [2.75, 3.05) is 92.4 Å². The second-order valence-corrected chi connectivity index (χ2v) is 25.3. The molecule has 0 bridgehead atoms. The quantitative estimate of drug-likeness (QED) is 0.0280. The summed E-state index contributed by atoms with van der Waals surface area (Å²) in [5.74, 6) is -2.25. The first-order valence-electron chi connectivity index (χ1n) is 33.6. The number of hydrogen-bond acceptors (Lipinski definition) is 27. The van der Waals surface area contributed by atoms with E-state index < -0.39 is 135 Å². The summed E-state index contributed by atoms with van der Waals surface area (Å²) in [6, 6.07) is -3.39. The zero-order valence-corrected chi connectivity index (χ0v) is 56.4. The van der Waals surface area contributed by atoms with Crippen LogP contribution in [0.4, 0.5) is 0 Å². The number of nitrogens with one attached hydrogen (secondary N) is 5. The molecule has 3 aliphatic heterocycles. The van der Waals surface area contributed by atoms with Crippen molar-refractivity contribution in [1.82, 2.24) is 26.6 Å². The van der Waals surface area contributed by atoms with Gasteiger partial charge in [-0.2, -0.15) is 0 Å². The molecule has 3 fully saturated rings. The number of aliphatic hydroxyl groups is 9. The lowest BCUT2D eigenvalue weighted by atomic mass is 9.78. The first-order valence-corrected chi connectivity index (χ1v) is 33.6. The molecule has 0 aliphatic carbocycles. The second-order valence-electron chi connectivity index (χ2n) is 25.3. The fourth-order valence-corrected chi connectivity index (χ4v) is 11.3. The molecule has 0 saturated carbocycles. The molecule has 16 atom stereocenters. The van der Waals surface area contributed by atoms with Crippen LogP contribution in [0.25, 0.3) is 0 Å². The van der Waals surface area contributed by atoms with E-state index in [-0.39, 0.29) is 165 Å². The molecule has 0 aromatic heterocycles. The summed E-state index contributed by atoms with van der Waals surface area (Å²) in [5, 5.41) is 104. The van der Waals surface area contributed by atoms with Crippen molar-refractivity contribution in [2.24, 2.45) is 11.3 Å². The number of ketones is 4. The predicted octanol–water partition coefficient (Wildman–Crippen LogP) is -2.52. The number of unbranched alkanes of at least 4 members (excludes halogenated alkanes) is 4. The van der Waals surface area contributed by atoms with Crippen molar-refractivity contribution in [2.45, 2.75) is 249 Å². The van der Waals surface area contributed by atoms with Crippen molar-refractivity contribution < 1.29 is 132 Å². The summed E-state index contributed by atoms with van der Waals surface area (Å²) in [4.78, 5) is 112. The first-order chi connectivity index (χ1) is 45.7. The Kier molecular flexibility index (Phi) is 42.2. The van der Waals surface area contributed by atoms with Crippen LogP contribution in [0.15, 0.2) is 0 Å². The Morgan fingerprint density at radius 3 is 1.05 bits per heavy atom. The van der Waals surface area contributed by atoms with Crippen LogP contribution in [-0.2, 0) is 85.8 Å². The SMILES string of the molecule is CC(=O)N[C@H]1C(O)[C@@H](O)C(CO)O[C@H]1OCCC(=O)CCCCCC(=O)CCOCCC(COCCC(=O)CCCCNC(=O)CCO[C@@H]1OC(CO)[C@H](O)C(O)[C@@H]1NC(C)=O)(COCCC(=O)NCCCCC(=O)CCO[C@@H]1OC(CO)[C@H](O)C(O)[C@@H]1NC(C)=O)CC(C)C.